The lowest BCUT2D eigenvalue weighted by Crippen LogP contribution is -2.72. The van der Waals surface area contributed by atoms with Crippen LogP contribution in [-0.4, -0.2) is 35.4 Å². The molecule has 0 radical (unpaired) electrons. The zero-order valence-electron chi connectivity index (χ0n) is 14.2. The molecule has 12 heteroatoms. The first kappa shape index (κ1) is 21.0. The van der Waals surface area contributed by atoms with Crippen LogP contribution in [0.15, 0.2) is 41.8 Å². The van der Waals surface area contributed by atoms with E-state index >= 15 is 0 Å². The maximum atomic E-state index is 13.8. The average Bonchev–Trinajstić information content (AvgIpc) is 3.14. The van der Waals surface area contributed by atoms with Crippen molar-refractivity contribution in [3.8, 4) is 5.75 Å². The normalized spacial score (nSPS) is 24.7. The molecule has 1 aliphatic heterocycles. The Labute approximate surface area is 164 Å². The third kappa shape index (κ3) is 3.90. The molecule has 0 saturated carbocycles. The highest BCUT2D eigenvalue weighted by Crippen LogP contribution is 2.46. The topological polar surface area (TPSA) is 87.7 Å². The number of alkyl halides is 5. The summed E-state index contributed by atoms with van der Waals surface area (Å²) in [5.74, 6) is -3.99. The lowest BCUT2D eigenvalue weighted by atomic mass is 9.78. The second kappa shape index (κ2) is 7.59. The van der Waals surface area contributed by atoms with Crippen LogP contribution in [0.25, 0.3) is 0 Å². The first-order valence-corrected chi connectivity index (χ1v) is 8.92. The summed E-state index contributed by atoms with van der Waals surface area (Å²) in [6.07, 6.45) is -5.45. The minimum absolute atomic E-state index is 0.118. The van der Waals surface area contributed by atoms with E-state index in [9.17, 15) is 36.6 Å². The molecule has 1 fully saturated rings. The molecular weight excluding hydrogens is 423 g/mol. The van der Waals surface area contributed by atoms with Crippen LogP contribution in [-0.2, 0) is 0 Å². The van der Waals surface area contributed by atoms with Crippen molar-refractivity contribution in [2.24, 2.45) is 5.92 Å². The third-order valence-electron chi connectivity index (χ3n) is 4.32. The van der Waals surface area contributed by atoms with Crippen molar-refractivity contribution in [2.75, 3.05) is 0 Å². The lowest BCUT2D eigenvalue weighted by Gasteiger charge is -2.45. The number of ether oxygens (including phenoxy) is 1. The van der Waals surface area contributed by atoms with Gasteiger partial charge in [-0.3, -0.25) is 4.79 Å². The second-order valence-electron chi connectivity index (χ2n) is 6.08. The summed E-state index contributed by atoms with van der Waals surface area (Å²) in [6, 6.07) is 4.20. The van der Waals surface area contributed by atoms with Crippen molar-refractivity contribution in [2.45, 2.75) is 24.6 Å². The molecule has 156 valence electrons. The van der Waals surface area contributed by atoms with E-state index in [0.717, 1.165) is 23.5 Å². The van der Waals surface area contributed by atoms with Crippen molar-refractivity contribution < 1.29 is 41.4 Å². The maximum Gasteiger partial charge on any atom is 0.437 e. The van der Waals surface area contributed by atoms with Gasteiger partial charge in [0.2, 0.25) is 5.72 Å². The van der Waals surface area contributed by atoms with Crippen molar-refractivity contribution in [1.82, 2.24) is 10.6 Å². The molecule has 1 aliphatic rings. The summed E-state index contributed by atoms with van der Waals surface area (Å²) in [5.41, 5.74) is -4.26. The van der Waals surface area contributed by atoms with Gasteiger partial charge in [0.15, 0.2) is 5.78 Å². The molecule has 0 aliphatic carbocycles. The van der Waals surface area contributed by atoms with E-state index < -0.39 is 48.0 Å². The van der Waals surface area contributed by atoms with Crippen LogP contribution in [0.5, 0.6) is 5.75 Å². The van der Waals surface area contributed by atoms with Crippen LogP contribution in [0.2, 0.25) is 0 Å². The van der Waals surface area contributed by atoms with Gasteiger partial charge in [-0.15, -0.1) is 11.3 Å². The highest BCUT2D eigenvalue weighted by Gasteiger charge is 2.66. The molecule has 2 heterocycles. The minimum atomic E-state index is -5.45. The Morgan fingerprint density at radius 2 is 1.90 bits per heavy atom. The van der Waals surface area contributed by atoms with E-state index in [1.54, 1.807) is 0 Å². The summed E-state index contributed by atoms with van der Waals surface area (Å²) in [7, 11) is 0. The number of benzene rings is 1. The van der Waals surface area contributed by atoms with E-state index in [1.807, 2.05) is 0 Å². The summed E-state index contributed by atoms with van der Waals surface area (Å²) in [6.45, 7) is -3.30. The van der Waals surface area contributed by atoms with Gasteiger partial charge in [-0.25, -0.2) is 4.79 Å². The number of urea groups is 1. The molecule has 3 atom stereocenters. The summed E-state index contributed by atoms with van der Waals surface area (Å²) in [4.78, 5) is 24.7. The SMILES string of the molecule is O=C1N[C@H](c2ccccc2OC(F)F)[C@@H](C(=O)c2cccs2)[C@@](O)(C(F)(F)F)N1. The molecule has 29 heavy (non-hydrogen) atoms. The average molecular weight is 436 g/mol. The Bertz CT molecular complexity index is 905. The molecule has 2 aromatic rings. The number of halogens is 5. The summed E-state index contributed by atoms with van der Waals surface area (Å²) in [5, 5.41) is 15.3. The van der Waals surface area contributed by atoms with Gasteiger partial charge >= 0.3 is 18.8 Å². The van der Waals surface area contributed by atoms with Crippen LogP contribution in [0.1, 0.15) is 21.3 Å². The Morgan fingerprint density at radius 3 is 2.48 bits per heavy atom. The molecule has 1 aromatic carbocycles. The number of carbonyl (C=O) groups is 2. The largest absolute Gasteiger partial charge is 0.437 e. The first-order chi connectivity index (χ1) is 13.5. The fourth-order valence-corrected chi connectivity index (χ4v) is 3.82. The fraction of sp³-hybridized carbons (Fsp3) is 0.294. The molecule has 6 nitrogen and oxygen atoms in total. The number of aliphatic hydroxyl groups is 1. The molecule has 1 aromatic heterocycles. The first-order valence-electron chi connectivity index (χ1n) is 8.04. The standard InChI is InChI=1S/C17H13F5N2O4S/c18-14(19)28-9-5-2-1-4-8(9)12-11(13(25)10-6-3-7-29-10)16(27,17(20,21)22)24-15(26)23-12/h1-7,11-12,14,27H,(H2,23,24,26)/t11-,12+,16+/m0/s1. The van der Waals surface area contributed by atoms with Gasteiger partial charge in [0.1, 0.15) is 11.7 Å². The van der Waals surface area contributed by atoms with Crippen LogP contribution in [0, 0.1) is 5.92 Å². The van der Waals surface area contributed by atoms with Gasteiger partial charge in [-0.05, 0) is 17.5 Å². The Kier molecular flexibility index (Phi) is 5.50. The van der Waals surface area contributed by atoms with Gasteiger partial charge in [-0.1, -0.05) is 24.3 Å². The zero-order valence-corrected chi connectivity index (χ0v) is 15.1. The highest BCUT2D eigenvalue weighted by atomic mass is 32.1. The van der Waals surface area contributed by atoms with E-state index in [1.165, 1.54) is 35.0 Å². The lowest BCUT2D eigenvalue weighted by molar-refractivity contribution is -0.287. The van der Waals surface area contributed by atoms with Gasteiger partial charge in [0.25, 0.3) is 0 Å². The molecule has 0 spiro atoms. The number of nitrogens with one attached hydrogen (secondary N) is 2. The van der Waals surface area contributed by atoms with Gasteiger partial charge in [0, 0.05) is 5.56 Å². The molecule has 0 unspecified atom stereocenters. The number of carbonyl (C=O) groups excluding carboxylic acids is 2. The van der Waals surface area contributed by atoms with E-state index in [-0.39, 0.29) is 10.4 Å². The number of Topliss-reactive ketones (excluding diaryl/α,β-unsaturated/α-hetero) is 1. The highest BCUT2D eigenvalue weighted by molar-refractivity contribution is 7.12. The van der Waals surface area contributed by atoms with E-state index in [2.05, 4.69) is 10.1 Å². The summed E-state index contributed by atoms with van der Waals surface area (Å²) >= 11 is 0.829. The van der Waals surface area contributed by atoms with Gasteiger partial charge in [-0.2, -0.15) is 22.0 Å². The predicted molar refractivity (Wildman–Crippen MR) is 90.6 cm³/mol. The maximum absolute atomic E-state index is 13.8. The number of para-hydroxylation sites is 1. The van der Waals surface area contributed by atoms with Crippen molar-refractivity contribution in [1.29, 1.82) is 0 Å². The molecule has 3 N–H and O–H groups in total. The zero-order chi connectivity index (χ0) is 21.4. The monoisotopic (exact) mass is 436 g/mol. The van der Waals surface area contributed by atoms with E-state index in [4.69, 9.17) is 0 Å². The number of hydrogen-bond acceptors (Lipinski definition) is 5. The van der Waals surface area contributed by atoms with Crippen molar-refractivity contribution in [3.63, 3.8) is 0 Å². The Morgan fingerprint density at radius 1 is 1.21 bits per heavy atom. The van der Waals surface area contributed by atoms with Crippen LogP contribution in [0.3, 0.4) is 0 Å². The van der Waals surface area contributed by atoms with Crippen LogP contribution >= 0.6 is 11.3 Å². The minimum Gasteiger partial charge on any atom is -0.434 e. The van der Waals surface area contributed by atoms with Crippen molar-refractivity contribution >= 4 is 23.2 Å². The van der Waals surface area contributed by atoms with Crippen LogP contribution in [0.4, 0.5) is 26.7 Å². The number of amides is 2. The van der Waals surface area contributed by atoms with E-state index in [0.29, 0.717) is 0 Å². The molecule has 1 saturated heterocycles. The Hall–Kier alpha value is -2.73. The molecule has 0 bridgehead atoms. The molecular formula is C17H13F5N2O4S. The molecule has 2 amide bonds. The van der Waals surface area contributed by atoms with Gasteiger partial charge < -0.3 is 20.5 Å². The van der Waals surface area contributed by atoms with Gasteiger partial charge in [0.05, 0.1) is 10.9 Å². The fourth-order valence-electron chi connectivity index (χ4n) is 3.11. The van der Waals surface area contributed by atoms with Crippen molar-refractivity contribution in [3.05, 3.63) is 52.2 Å². The second-order valence-corrected chi connectivity index (χ2v) is 7.02. The number of rotatable bonds is 5. The quantitative estimate of drug-likeness (QED) is 0.495. The smallest absolute Gasteiger partial charge is 0.434 e. The Balaban J connectivity index is 2.18. The van der Waals surface area contributed by atoms with Crippen LogP contribution < -0.4 is 15.4 Å². The number of hydrogen-bond donors (Lipinski definition) is 3. The third-order valence-corrected chi connectivity index (χ3v) is 5.21. The number of ketones is 1. The predicted octanol–water partition coefficient (Wildman–Crippen LogP) is 3.45. The number of thiophene rings is 1. The molecule has 3 rings (SSSR count). The summed E-state index contributed by atoms with van der Waals surface area (Å²) < 4.78 is 71.1.